The van der Waals surface area contributed by atoms with Crippen LogP contribution in [0, 0.1) is 0 Å². The molecule has 2 N–H and O–H groups in total. The van der Waals surface area contributed by atoms with Gasteiger partial charge in [-0.3, -0.25) is 0 Å². The summed E-state index contributed by atoms with van der Waals surface area (Å²) in [5.74, 6) is 0. The maximum absolute atomic E-state index is 9.18. The van der Waals surface area contributed by atoms with Crippen molar-refractivity contribution in [3.63, 3.8) is 0 Å². The summed E-state index contributed by atoms with van der Waals surface area (Å²) in [4.78, 5) is 0. The fourth-order valence-electron chi connectivity index (χ4n) is 4.10. The molecule has 0 radical (unpaired) electrons. The third-order valence-electron chi connectivity index (χ3n) is 5.11. The van der Waals surface area contributed by atoms with Gasteiger partial charge in [-0.15, -0.1) is 0 Å². The molecule has 0 aliphatic heterocycles. The van der Waals surface area contributed by atoms with E-state index in [2.05, 4.69) is 71.1 Å². The highest BCUT2D eigenvalue weighted by Gasteiger charge is 2.45. The van der Waals surface area contributed by atoms with Crippen LogP contribution in [-0.2, 0) is 10.8 Å². The van der Waals surface area contributed by atoms with Crippen molar-refractivity contribution in [1.29, 1.82) is 0 Å². The summed E-state index contributed by atoms with van der Waals surface area (Å²) < 4.78 is 6.74. The van der Waals surface area contributed by atoms with Gasteiger partial charge in [0.2, 0.25) is 0 Å². The maximum atomic E-state index is 9.18. The van der Waals surface area contributed by atoms with E-state index in [-0.39, 0.29) is 12.6 Å². The molecule has 4 heteroatoms. The Kier molecular flexibility index (Phi) is 9.20. The van der Waals surface area contributed by atoms with E-state index in [0.717, 1.165) is 13.0 Å². The van der Waals surface area contributed by atoms with Crippen LogP contribution in [-0.4, -0.2) is 39.2 Å². The molecule has 3 nitrogen and oxygen atoms in total. The van der Waals surface area contributed by atoms with Crippen LogP contribution in [0.2, 0.25) is 16.6 Å². The number of rotatable bonds is 11. The van der Waals surface area contributed by atoms with Crippen LogP contribution in [0.5, 0.6) is 0 Å². The third kappa shape index (κ3) is 5.69. The summed E-state index contributed by atoms with van der Waals surface area (Å²) in [6.45, 7) is 15.4. The van der Waals surface area contributed by atoms with E-state index in [1.54, 1.807) is 0 Å². The van der Waals surface area contributed by atoms with Gasteiger partial charge in [0, 0.05) is 19.2 Å². The standard InChI is InChI=1S/C20H37NO2Si/c1-16(2)24(17(3)4,18(5)6)23-15-20(21-12-13-22)14-19-10-8-7-9-11-19/h7-11,16-18,20-22H,12-15H2,1-6H3. The Morgan fingerprint density at radius 3 is 1.96 bits per heavy atom. The quantitative estimate of drug-likeness (QED) is 0.582. The highest BCUT2D eigenvalue weighted by atomic mass is 28.4. The van der Waals surface area contributed by atoms with Crippen molar-refractivity contribution >= 4 is 8.32 Å². The molecule has 0 spiro atoms. The molecule has 0 fully saturated rings. The zero-order chi connectivity index (χ0) is 18.2. The fourth-order valence-corrected chi connectivity index (χ4v) is 9.59. The minimum Gasteiger partial charge on any atom is -0.414 e. The Labute approximate surface area is 150 Å². The molecule has 0 heterocycles. The topological polar surface area (TPSA) is 41.5 Å². The highest BCUT2D eigenvalue weighted by Crippen LogP contribution is 2.42. The average molecular weight is 352 g/mol. The molecule has 0 aliphatic rings. The minimum absolute atomic E-state index is 0.159. The van der Waals surface area contributed by atoms with E-state index >= 15 is 0 Å². The van der Waals surface area contributed by atoms with E-state index in [4.69, 9.17) is 4.43 Å². The summed E-state index contributed by atoms with van der Waals surface area (Å²) in [6, 6.07) is 10.8. The molecule has 1 atom stereocenters. The molecule has 0 aromatic heterocycles. The number of aliphatic hydroxyl groups excluding tert-OH is 1. The predicted molar refractivity (Wildman–Crippen MR) is 106 cm³/mol. The molecule has 0 amide bonds. The number of aliphatic hydroxyl groups is 1. The lowest BCUT2D eigenvalue weighted by molar-refractivity contribution is 0.220. The number of nitrogens with one attached hydrogen (secondary N) is 1. The largest absolute Gasteiger partial charge is 0.414 e. The Morgan fingerprint density at radius 2 is 1.50 bits per heavy atom. The van der Waals surface area contributed by atoms with Gasteiger partial charge >= 0.3 is 0 Å². The molecule has 0 bridgehead atoms. The maximum Gasteiger partial charge on any atom is 0.200 e. The van der Waals surface area contributed by atoms with Gasteiger partial charge in [0.1, 0.15) is 0 Å². The number of hydrogen-bond acceptors (Lipinski definition) is 3. The van der Waals surface area contributed by atoms with Crippen molar-refractivity contribution in [3.8, 4) is 0 Å². The second-order valence-electron chi connectivity index (χ2n) is 7.69. The molecule has 1 aromatic rings. The first-order chi connectivity index (χ1) is 11.3. The molecule has 1 aromatic carbocycles. The normalized spacial score (nSPS) is 13.9. The first kappa shape index (κ1) is 21.4. The average Bonchev–Trinajstić information content (AvgIpc) is 2.52. The lowest BCUT2D eigenvalue weighted by Gasteiger charge is -2.43. The third-order valence-corrected chi connectivity index (χ3v) is 11.2. The zero-order valence-electron chi connectivity index (χ0n) is 16.4. The number of hydrogen-bond donors (Lipinski definition) is 2. The van der Waals surface area contributed by atoms with E-state index in [1.165, 1.54) is 5.56 Å². The summed E-state index contributed by atoms with van der Waals surface area (Å²) in [6.07, 6.45) is 0.930. The zero-order valence-corrected chi connectivity index (χ0v) is 17.4. The summed E-state index contributed by atoms with van der Waals surface area (Å²) in [5.41, 5.74) is 3.08. The predicted octanol–water partition coefficient (Wildman–Crippen LogP) is 4.37. The van der Waals surface area contributed by atoms with Crippen LogP contribution < -0.4 is 5.32 Å². The Bertz CT molecular complexity index is 426. The Hall–Kier alpha value is -0.683. The van der Waals surface area contributed by atoms with Crippen LogP contribution in [0.25, 0.3) is 0 Å². The molecule has 0 saturated heterocycles. The lowest BCUT2D eigenvalue weighted by atomic mass is 10.1. The van der Waals surface area contributed by atoms with Crippen LogP contribution in [0.15, 0.2) is 30.3 Å². The van der Waals surface area contributed by atoms with E-state index in [0.29, 0.717) is 23.2 Å². The van der Waals surface area contributed by atoms with Gasteiger partial charge in [0.15, 0.2) is 8.32 Å². The SMILES string of the molecule is CC(C)[Si](OCC(Cc1ccccc1)NCCO)(C(C)C)C(C)C. The van der Waals surface area contributed by atoms with Gasteiger partial charge in [-0.1, -0.05) is 71.9 Å². The molecule has 0 aliphatic carbocycles. The van der Waals surface area contributed by atoms with Gasteiger partial charge in [-0.2, -0.15) is 0 Å². The summed E-state index contributed by atoms with van der Waals surface area (Å²) >= 11 is 0. The lowest BCUT2D eigenvalue weighted by Crippen LogP contribution is -2.51. The Balaban J connectivity index is 2.84. The Morgan fingerprint density at radius 1 is 0.958 bits per heavy atom. The second-order valence-corrected chi connectivity index (χ2v) is 13.2. The van der Waals surface area contributed by atoms with Crippen LogP contribution in [0.1, 0.15) is 47.1 Å². The highest BCUT2D eigenvalue weighted by molar-refractivity contribution is 6.77. The van der Waals surface area contributed by atoms with Gasteiger partial charge in [-0.25, -0.2) is 0 Å². The number of benzene rings is 1. The van der Waals surface area contributed by atoms with Gasteiger partial charge in [0.05, 0.1) is 6.61 Å². The van der Waals surface area contributed by atoms with Crippen LogP contribution in [0.4, 0.5) is 0 Å². The molecular formula is C20H37NO2Si. The van der Waals surface area contributed by atoms with E-state index in [9.17, 15) is 5.11 Å². The second kappa shape index (κ2) is 10.3. The van der Waals surface area contributed by atoms with E-state index in [1.807, 2.05) is 6.07 Å². The first-order valence-corrected chi connectivity index (χ1v) is 11.5. The van der Waals surface area contributed by atoms with Crippen molar-refractivity contribution < 1.29 is 9.53 Å². The van der Waals surface area contributed by atoms with E-state index < -0.39 is 8.32 Å². The van der Waals surface area contributed by atoms with Crippen molar-refractivity contribution in [3.05, 3.63) is 35.9 Å². The van der Waals surface area contributed by atoms with Crippen LogP contribution in [0.3, 0.4) is 0 Å². The van der Waals surface area contributed by atoms with Gasteiger partial charge in [-0.05, 0) is 28.6 Å². The molecule has 138 valence electrons. The molecular weight excluding hydrogens is 314 g/mol. The van der Waals surface area contributed by atoms with Crippen molar-refractivity contribution in [1.82, 2.24) is 5.32 Å². The van der Waals surface area contributed by atoms with Gasteiger partial charge < -0.3 is 14.8 Å². The molecule has 24 heavy (non-hydrogen) atoms. The first-order valence-electron chi connectivity index (χ1n) is 9.36. The summed E-state index contributed by atoms with van der Waals surface area (Å²) in [5, 5.41) is 12.6. The van der Waals surface area contributed by atoms with Crippen LogP contribution >= 0.6 is 0 Å². The van der Waals surface area contributed by atoms with Crippen molar-refractivity contribution in [2.24, 2.45) is 0 Å². The summed E-state index contributed by atoms with van der Waals surface area (Å²) in [7, 11) is -1.85. The molecule has 1 unspecified atom stereocenters. The minimum atomic E-state index is -1.85. The van der Waals surface area contributed by atoms with Crippen molar-refractivity contribution in [2.45, 2.75) is 70.6 Å². The van der Waals surface area contributed by atoms with Crippen molar-refractivity contribution in [2.75, 3.05) is 19.8 Å². The molecule has 0 saturated carbocycles. The molecule has 1 rings (SSSR count). The van der Waals surface area contributed by atoms with Gasteiger partial charge in [0.25, 0.3) is 0 Å². The monoisotopic (exact) mass is 351 g/mol. The fraction of sp³-hybridized carbons (Fsp3) is 0.700. The smallest absolute Gasteiger partial charge is 0.200 e.